The van der Waals surface area contributed by atoms with Crippen LogP contribution in [0.15, 0.2) is 36.4 Å². The number of hydrogen-bond acceptors (Lipinski definition) is 7. The minimum Gasteiger partial charge on any atom is -0.478 e. The van der Waals surface area contributed by atoms with E-state index in [1.165, 1.54) is 18.2 Å². The molecule has 0 aliphatic carbocycles. The van der Waals surface area contributed by atoms with Gasteiger partial charge in [-0.3, -0.25) is 9.63 Å². The Balaban J connectivity index is 0.000000169. The molecule has 2 heterocycles. The van der Waals surface area contributed by atoms with Crippen molar-refractivity contribution in [1.82, 2.24) is 35.1 Å². The van der Waals surface area contributed by atoms with Crippen molar-refractivity contribution in [2.45, 2.75) is 0 Å². The van der Waals surface area contributed by atoms with Gasteiger partial charge < -0.3 is 5.11 Å². The number of aryl methyl sites for hydroxylation is 2. The number of nitrogens with zero attached hydrogens (tertiary/aromatic N) is 7. The van der Waals surface area contributed by atoms with Crippen LogP contribution in [0.5, 0.6) is 0 Å². The minimum absolute atomic E-state index is 0.203. The van der Waals surface area contributed by atoms with Gasteiger partial charge >= 0.3 is 5.97 Å². The van der Waals surface area contributed by atoms with Crippen LogP contribution in [0, 0.1) is 0 Å². The van der Waals surface area contributed by atoms with Crippen LogP contribution in [0.25, 0.3) is 22.1 Å². The van der Waals surface area contributed by atoms with Crippen molar-refractivity contribution < 1.29 is 19.5 Å². The second-order valence-corrected chi connectivity index (χ2v) is 6.12. The third-order valence-electron chi connectivity index (χ3n) is 4.28. The normalized spacial score (nSPS) is 10.6. The van der Waals surface area contributed by atoms with Crippen molar-refractivity contribution in [1.29, 1.82) is 0 Å². The van der Waals surface area contributed by atoms with E-state index >= 15 is 0 Å². The molecule has 2 aromatic heterocycles. The molecule has 11 heteroatoms. The van der Waals surface area contributed by atoms with Gasteiger partial charge in [0.25, 0.3) is 5.91 Å². The molecule has 0 spiro atoms. The molecule has 0 fully saturated rings. The average Bonchev–Trinajstić information content (AvgIpc) is 3.29. The molecule has 0 radical (unpaired) electrons. The predicted octanol–water partition coefficient (Wildman–Crippen LogP) is 1.27. The van der Waals surface area contributed by atoms with Gasteiger partial charge in [-0.1, -0.05) is 10.4 Å². The molecule has 4 rings (SSSR count). The zero-order valence-corrected chi connectivity index (χ0v) is 16.3. The smallest absolute Gasteiger partial charge is 0.335 e. The number of rotatable bonds is 3. The van der Waals surface area contributed by atoms with Crippen LogP contribution in [-0.4, -0.2) is 66.2 Å². The maximum atomic E-state index is 11.8. The summed E-state index contributed by atoms with van der Waals surface area (Å²) in [5, 5.41) is 25.3. The maximum absolute atomic E-state index is 11.8. The van der Waals surface area contributed by atoms with Crippen molar-refractivity contribution in [3.05, 3.63) is 47.5 Å². The first-order valence-electron chi connectivity index (χ1n) is 8.46. The second kappa shape index (κ2) is 8.02. The van der Waals surface area contributed by atoms with E-state index in [4.69, 9.17) is 9.94 Å². The zero-order valence-electron chi connectivity index (χ0n) is 16.3. The molecule has 0 atom stereocenters. The van der Waals surface area contributed by atoms with E-state index in [-0.39, 0.29) is 11.5 Å². The Morgan fingerprint density at radius 2 is 1.41 bits per heavy atom. The summed E-state index contributed by atoms with van der Waals surface area (Å²) >= 11 is 0. The second-order valence-electron chi connectivity index (χ2n) is 6.12. The number of fused-ring (bicyclic) bond motifs is 2. The van der Waals surface area contributed by atoms with Gasteiger partial charge in [0.1, 0.15) is 11.0 Å². The first-order chi connectivity index (χ1) is 13.8. The lowest BCUT2D eigenvalue weighted by molar-refractivity contribution is -0.0756. The van der Waals surface area contributed by atoms with E-state index < -0.39 is 5.97 Å². The van der Waals surface area contributed by atoms with Crippen molar-refractivity contribution in [3.63, 3.8) is 0 Å². The lowest BCUT2D eigenvalue weighted by Crippen LogP contribution is -2.25. The van der Waals surface area contributed by atoms with Gasteiger partial charge in [-0.15, -0.1) is 10.2 Å². The summed E-state index contributed by atoms with van der Waals surface area (Å²) in [6, 6.07) is 9.92. The highest BCUT2D eigenvalue weighted by atomic mass is 16.7. The topological polar surface area (TPSA) is 128 Å². The summed E-state index contributed by atoms with van der Waals surface area (Å²) in [5.41, 5.74) is 3.79. The van der Waals surface area contributed by atoms with Gasteiger partial charge in [-0.05, 0) is 36.4 Å². The van der Waals surface area contributed by atoms with E-state index in [9.17, 15) is 9.59 Å². The van der Waals surface area contributed by atoms with Gasteiger partial charge in [-0.25, -0.2) is 19.2 Å². The molecule has 0 aliphatic heterocycles. The molecule has 1 amide bonds. The van der Waals surface area contributed by atoms with Crippen molar-refractivity contribution >= 4 is 33.9 Å². The third-order valence-corrected chi connectivity index (χ3v) is 4.28. The van der Waals surface area contributed by atoms with Crippen molar-refractivity contribution in [2.24, 2.45) is 14.1 Å². The Hall–Kier alpha value is -3.86. The Morgan fingerprint density at radius 1 is 0.931 bits per heavy atom. The number of hydroxylamine groups is 2. The third kappa shape index (κ3) is 4.04. The Kier molecular flexibility index (Phi) is 5.50. The zero-order chi connectivity index (χ0) is 21.1. The van der Waals surface area contributed by atoms with Crippen LogP contribution < -0.4 is 0 Å². The molecule has 0 saturated carbocycles. The highest BCUT2D eigenvalue weighted by Crippen LogP contribution is 2.14. The van der Waals surface area contributed by atoms with Crippen LogP contribution in [0.4, 0.5) is 0 Å². The van der Waals surface area contributed by atoms with E-state index in [0.717, 1.165) is 16.6 Å². The molecular formula is C18H19N7O4. The number of carbonyl (C=O) groups is 2. The van der Waals surface area contributed by atoms with E-state index in [1.54, 1.807) is 60.8 Å². The quantitative estimate of drug-likeness (QED) is 0.512. The van der Waals surface area contributed by atoms with Crippen LogP contribution in [0.1, 0.15) is 20.7 Å². The summed E-state index contributed by atoms with van der Waals surface area (Å²) < 4.78 is 3.17. The number of aromatic carboxylic acids is 1. The number of amides is 1. The fraction of sp³-hybridized carbons (Fsp3) is 0.222. The van der Waals surface area contributed by atoms with Gasteiger partial charge in [0.2, 0.25) is 0 Å². The molecule has 0 saturated heterocycles. The summed E-state index contributed by atoms with van der Waals surface area (Å²) in [6.45, 7) is 0. The first kappa shape index (κ1) is 19.9. The molecule has 0 unspecified atom stereocenters. The Labute approximate surface area is 165 Å². The lowest BCUT2D eigenvalue weighted by Gasteiger charge is -2.13. The molecule has 0 aliphatic rings. The van der Waals surface area contributed by atoms with E-state index in [2.05, 4.69) is 20.6 Å². The summed E-state index contributed by atoms with van der Waals surface area (Å²) in [7, 11) is 6.51. The van der Waals surface area contributed by atoms with Crippen LogP contribution in [-0.2, 0) is 18.9 Å². The molecule has 29 heavy (non-hydrogen) atoms. The molecular weight excluding hydrogens is 378 g/mol. The average molecular weight is 397 g/mol. The number of carboxylic acid groups (broad SMARTS) is 1. The highest BCUT2D eigenvalue weighted by molar-refractivity contribution is 5.96. The van der Waals surface area contributed by atoms with Gasteiger partial charge in [0.15, 0.2) is 0 Å². The van der Waals surface area contributed by atoms with Crippen molar-refractivity contribution in [2.75, 3.05) is 14.2 Å². The highest BCUT2D eigenvalue weighted by Gasteiger charge is 2.13. The Bertz CT molecular complexity index is 1200. The standard InChI is InChI=1S/C10H12N4O2.C8H7N3O2/c1-13-9-6-7(10(15)14(2)16-3)4-5-8(9)11-12-13;1-11-7-4-5(8(12)13)2-3-6(7)9-10-11/h4-6H,1-3H3;2-4H,1H3,(H,12,13). The molecule has 11 nitrogen and oxygen atoms in total. The van der Waals surface area contributed by atoms with Gasteiger partial charge in [-0.2, -0.15) is 0 Å². The van der Waals surface area contributed by atoms with Crippen LogP contribution in [0.3, 0.4) is 0 Å². The summed E-state index contributed by atoms with van der Waals surface area (Å²) in [6.07, 6.45) is 0. The molecule has 0 bridgehead atoms. The van der Waals surface area contributed by atoms with Crippen molar-refractivity contribution in [3.8, 4) is 0 Å². The molecule has 4 aromatic rings. The number of hydrogen-bond donors (Lipinski definition) is 1. The summed E-state index contributed by atoms with van der Waals surface area (Å²) in [5.74, 6) is -1.14. The molecule has 1 N–H and O–H groups in total. The number of carbonyl (C=O) groups excluding carboxylic acids is 1. The number of aromatic nitrogens is 6. The monoisotopic (exact) mass is 397 g/mol. The van der Waals surface area contributed by atoms with Gasteiger partial charge in [0, 0.05) is 26.7 Å². The fourth-order valence-corrected chi connectivity index (χ4v) is 2.59. The lowest BCUT2D eigenvalue weighted by atomic mass is 10.2. The maximum Gasteiger partial charge on any atom is 0.335 e. The number of benzene rings is 2. The van der Waals surface area contributed by atoms with Crippen LogP contribution >= 0.6 is 0 Å². The summed E-state index contributed by atoms with van der Waals surface area (Å²) in [4.78, 5) is 27.3. The van der Waals surface area contributed by atoms with Gasteiger partial charge in [0.05, 0.1) is 23.7 Å². The minimum atomic E-state index is -0.942. The van der Waals surface area contributed by atoms with E-state index in [1.807, 2.05) is 0 Å². The first-order valence-corrected chi connectivity index (χ1v) is 8.46. The predicted molar refractivity (Wildman–Crippen MR) is 103 cm³/mol. The number of carboxylic acids is 1. The fourth-order valence-electron chi connectivity index (χ4n) is 2.59. The SMILES string of the molecule is CON(C)C(=O)c1ccc2nnn(C)c2c1.Cn1nnc2ccc(C(=O)O)cc21. The molecule has 2 aromatic carbocycles. The Morgan fingerprint density at radius 3 is 1.90 bits per heavy atom. The van der Waals surface area contributed by atoms with E-state index in [0.29, 0.717) is 11.1 Å². The largest absolute Gasteiger partial charge is 0.478 e. The molecule has 150 valence electrons. The van der Waals surface area contributed by atoms with Crippen LogP contribution in [0.2, 0.25) is 0 Å².